The van der Waals surface area contributed by atoms with E-state index in [9.17, 15) is 5.11 Å². The van der Waals surface area contributed by atoms with Crippen molar-refractivity contribution in [3.05, 3.63) is 35.0 Å². The zero-order valence-corrected chi connectivity index (χ0v) is 11.9. The van der Waals surface area contributed by atoms with Crippen molar-refractivity contribution in [2.24, 2.45) is 11.8 Å². The van der Waals surface area contributed by atoms with Crippen LogP contribution in [-0.2, 0) is 0 Å². The van der Waals surface area contributed by atoms with Crippen LogP contribution in [0.2, 0.25) is 5.02 Å². The molecule has 3 unspecified atom stereocenters. The Hall–Kier alpha value is -0.990. The zero-order valence-electron chi connectivity index (χ0n) is 11.1. The largest absolute Gasteiger partial charge is 0.458 e. The van der Waals surface area contributed by atoms with Gasteiger partial charge in [0, 0.05) is 10.4 Å². The summed E-state index contributed by atoms with van der Waals surface area (Å²) in [6, 6.07) is 7.47. The molecule has 1 heterocycles. The molecule has 3 rings (SSSR count). The molecule has 3 atom stereocenters. The summed E-state index contributed by atoms with van der Waals surface area (Å²) >= 11 is 5.97. The predicted molar refractivity (Wildman–Crippen MR) is 77.3 cm³/mol. The molecule has 1 N–H and O–H groups in total. The van der Waals surface area contributed by atoms with E-state index in [1.165, 1.54) is 12.8 Å². The molecule has 1 aliphatic carbocycles. The van der Waals surface area contributed by atoms with Gasteiger partial charge in [-0.25, -0.2) is 0 Å². The van der Waals surface area contributed by atoms with E-state index in [0.717, 1.165) is 29.7 Å². The summed E-state index contributed by atoms with van der Waals surface area (Å²) in [6.45, 7) is 2.22. The van der Waals surface area contributed by atoms with Gasteiger partial charge in [-0.05, 0) is 48.9 Å². The highest BCUT2D eigenvalue weighted by Gasteiger charge is 2.31. The van der Waals surface area contributed by atoms with Crippen molar-refractivity contribution in [3.63, 3.8) is 0 Å². The SMILES string of the molecule is CCC1CCC(C(O)c2cc3cc(Cl)ccc3o2)C1. The molecule has 1 saturated carbocycles. The molecule has 19 heavy (non-hydrogen) atoms. The molecule has 0 spiro atoms. The topological polar surface area (TPSA) is 33.4 Å². The molecule has 1 aromatic heterocycles. The first kappa shape index (κ1) is 13.0. The van der Waals surface area contributed by atoms with E-state index in [0.29, 0.717) is 16.7 Å². The number of furan rings is 1. The first-order valence-corrected chi connectivity index (χ1v) is 7.42. The minimum atomic E-state index is -0.484. The van der Waals surface area contributed by atoms with Gasteiger partial charge in [-0.3, -0.25) is 0 Å². The fourth-order valence-corrected chi connectivity index (χ4v) is 3.36. The fraction of sp³-hybridized carbons (Fsp3) is 0.500. The van der Waals surface area contributed by atoms with Crippen molar-refractivity contribution in [1.82, 2.24) is 0 Å². The third kappa shape index (κ3) is 2.52. The molecule has 1 aromatic carbocycles. The second-order valence-corrected chi connectivity index (χ2v) is 6.06. The van der Waals surface area contributed by atoms with Crippen molar-refractivity contribution >= 4 is 22.6 Å². The standard InChI is InChI=1S/C16H19ClO2/c1-2-10-3-4-11(7-10)16(18)15-9-12-8-13(17)5-6-14(12)19-15/h5-6,8-11,16,18H,2-4,7H2,1H3. The van der Waals surface area contributed by atoms with Gasteiger partial charge in [-0.2, -0.15) is 0 Å². The molecule has 1 fully saturated rings. The molecule has 0 saturated heterocycles. The number of aliphatic hydroxyl groups excluding tert-OH is 1. The van der Waals surface area contributed by atoms with Crippen LogP contribution in [0.3, 0.4) is 0 Å². The first-order valence-electron chi connectivity index (χ1n) is 7.04. The Morgan fingerprint density at radius 1 is 1.37 bits per heavy atom. The number of fused-ring (bicyclic) bond motifs is 1. The fourth-order valence-electron chi connectivity index (χ4n) is 3.18. The Bertz CT molecular complexity index is 575. The second-order valence-electron chi connectivity index (χ2n) is 5.62. The minimum Gasteiger partial charge on any atom is -0.458 e. The van der Waals surface area contributed by atoms with E-state index in [2.05, 4.69) is 6.92 Å². The van der Waals surface area contributed by atoms with Crippen LogP contribution in [-0.4, -0.2) is 5.11 Å². The Labute approximate surface area is 118 Å². The van der Waals surface area contributed by atoms with E-state index in [1.807, 2.05) is 24.3 Å². The van der Waals surface area contributed by atoms with Crippen LogP contribution in [0.15, 0.2) is 28.7 Å². The van der Waals surface area contributed by atoms with Crippen LogP contribution in [0.25, 0.3) is 11.0 Å². The summed E-state index contributed by atoms with van der Waals surface area (Å²) in [4.78, 5) is 0. The highest BCUT2D eigenvalue weighted by atomic mass is 35.5. The number of hydrogen-bond donors (Lipinski definition) is 1. The van der Waals surface area contributed by atoms with Crippen LogP contribution >= 0.6 is 11.6 Å². The summed E-state index contributed by atoms with van der Waals surface area (Å²) < 4.78 is 5.76. The molecule has 3 heteroatoms. The van der Waals surface area contributed by atoms with Gasteiger partial charge in [0.2, 0.25) is 0 Å². The Kier molecular flexibility index (Phi) is 3.55. The summed E-state index contributed by atoms with van der Waals surface area (Å²) in [7, 11) is 0. The van der Waals surface area contributed by atoms with E-state index in [4.69, 9.17) is 16.0 Å². The molecular weight excluding hydrogens is 260 g/mol. The normalized spacial score (nSPS) is 25.0. The van der Waals surface area contributed by atoms with Gasteiger partial charge in [-0.15, -0.1) is 0 Å². The molecule has 0 amide bonds. The Balaban J connectivity index is 1.83. The van der Waals surface area contributed by atoms with E-state index in [-0.39, 0.29) is 0 Å². The minimum absolute atomic E-state index is 0.334. The van der Waals surface area contributed by atoms with Gasteiger partial charge in [-0.1, -0.05) is 31.4 Å². The average molecular weight is 279 g/mol. The Morgan fingerprint density at radius 2 is 2.21 bits per heavy atom. The van der Waals surface area contributed by atoms with Crippen molar-refractivity contribution in [2.45, 2.75) is 38.7 Å². The maximum atomic E-state index is 10.5. The first-order chi connectivity index (χ1) is 9.17. The van der Waals surface area contributed by atoms with E-state index in [1.54, 1.807) is 0 Å². The van der Waals surface area contributed by atoms with Crippen molar-refractivity contribution in [2.75, 3.05) is 0 Å². The predicted octanol–water partition coefficient (Wildman–Crippen LogP) is 4.95. The molecule has 2 nitrogen and oxygen atoms in total. The maximum Gasteiger partial charge on any atom is 0.134 e. The summed E-state index contributed by atoms with van der Waals surface area (Å²) in [5, 5.41) is 12.1. The van der Waals surface area contributed by atoms with E-state index < -0.39 is 6.10 Å². The number of halogens is 1. The molecule has 2 aromatic rings. The van der Waals surface area contributed by atoms with Gasteiger partial charge in [0.15, 0.2) is 0 Å². The molecular formula is C16H19ClO2. The number of aliphatic hydroxyl groups is 1. The zero-order chi connectivity index (χ0) is 13.4. The summed E-state index contributed by atoms with van der Waals surface area (Å²) in [5.74, 6) is 1.78. The summed E-state index contributed by atoms with van der Waals surface area (Å²) in [5.41, 5.74) is 0.795. The lowest BCUT2D eigenvalue weighted by molar-refractivity contribution is 0.0882. The number of benzene rings is 1. The maximum absolute atomic E-state index is 10.5. The van der Waals surface area contributed by atoms with Gasteiger partial charge in [0.25, 0.3) is 0 Å². The monoisotopic (exact) mass is 278 g/mol. The average Bonchev–Trinajstić information content (AvgIpc) is 3.03. The highest BCUT2D eigenvalue weighted by molar-refractivity contribution is 6.31. The van der Waals surface area contributed by atoms with Gasteiger partial charge in [0.05, 0.1) is 0 Å². The van der Waals surface area contributed by atoms with Crippen molar-refractivity contribution in [3.8, 4) is 0 Å². The van der Waals surface area contributed by atoms with Crippen molar-refractivity contribution < 1.29 is 9.52 Å². The van der Waals surface area contributed by atoms with Crippen LogP contribution in [0.4, 0.5) is 0 Å². The smallest absolute Gasteiger partial charge is 0.134 e. The second kappa shape index (κ2) is 5.18. The molecule has 1 aliphatic rings. The Morgan fingerprint density at radius 3 is 2.95 bits per heavy atom. The van der Waals surface area contributed by atoms with Crippen molar-refractivity contribution in [1.29, 1.82) is 0 Å². The number of rotatable bonds is 3. The van der Waals surface area contributed by atoms with Crippen LogP contribution in [0, 0.1) is 11.8 Å². The van der Waals surface area contributed by atoms with Crippen LogP contribution in [0.5, 0.6) is 0 Å². The third-order valence-corrected chi connectivity index (χ3v) is 4.63. The molecule has 102 valence electrons. The molecule has 0 aliphatic heterocycles. The third-order valence-electron chi connectivity index (χ3n) is 4.39. The van der Waals surface area contributed by atoms with Gasteiger partial charge in [0.1, 0.15) is 17.4 Å². The quantitative estimate of drug-likeness (QED) is 0.862. The van der Waals surface area contributed by atoms with Gasteiger partial charge < -0.3 is 9.52 Å². The van der Waals surface area contributed by atoms with Gasteiger partial charge >= 0.3 is 0 Å². The lowest BCUT2D eigenvalue weighted by Crippen LogP contribution is -2.08. The van der Waals surface area contributed by atoms with E-state index >= 15 is 0 Å². The summed E-state index contributed by atoms with van der Waals surface area (Å²) in [6.07, 6.45) is 4.15. The lowest BCUT2D eigenvalue weighted by Gasteiger charge is -2.15. The molecule has 0 radical (unpaired) electrons. The number of hydrogen-bond acceptors (Lipinski definition) is 2. The van der Waals surface area contributed by atoms with Crippen LogP contribution < -0.4 is 0 Å². The molecule has 0 bridgehead atoms. The lowest BCUT2D eigenvalue weighted by atomic mass is 9.96. The van der Waals surface area contributed by atoms with Crippen LogP contribution in [0.1, 0.15) is 44.5 Å². The highest BCUT2D eigenvalue weighted by Crippen LogP contribution is 2.41.